The zero-order chi connectivity index (χ0) is 14.7. The molecule has 1 heterocycles. The molecule has 2 aromatic rings. The van der Waals surface area contributed by atoms with Crippen LogP contribution in [0.25, 0.3) is 0 Å². The first-order chi connectivity index (χ1) is 9.52. The number of benzene rings is 1. The predicted molar refractivity (Wildman–Crippen MR) is 82.4 cm³/mol. The molecule has 1 N–H and O–H groups in total. The highest BCUT2D eigenvalue weighted by molar-refractivity contribution is 6.32. The van der Waals surface area contributed by atoms with E-state index in [9.17, 15) is 4.79 Å². The molecule has 1 aromatic heterocycles. The predicted octanol–water partition coefficient (Wildman–Crippen LogP) is 3.15. The smallest absolute Gasteiger partial charge is 0.287 e. The van der Waals surface area contributed by atoms with Gasteiger partial charge in [0, 0.05) is 13.1 Å². The molecule has 0 bridgehead atoms. The molecule has 0 atom stereocenters. The van der Waals surface area contributed by atoms with Crippen molar-refractivity contribution >= 4 is 17.3 Å². The fourth-order valence-corrected chi connectivity index (χ4v) is 2.26. The van der Waals surface area contributed by atoms with Gasteiger partial charge in [-0.2, -0.15) is 5.10 Å². The van der Waals surface area contributed by atoms with Crippen LogP contribution in [0.3, 0.4) is 0 Å². The molecule has 0 fully saturated rings. The van der Waals surface area contributed by atoms with E-state index in [-0.39, 0.29) is 10.6 Å². The Morgan fingerprint density at radius 3 is 2.75 bits per heavy atom. The molecule has 5 heteroatoms. The number of anilines is 1. The van der Waals surface area contributed by atoms with E-state index in [1.54, 1.807) is 6.20 Å². The number of nitrogens with one attached hydrogen (secondary N) is 1. The second-order valence-corrected chi connectivity index (χ2v) is 5.15. The van der Waals surface area contributed by atoms with Crippen LogP contribution in [0.4, 0.5) is 5.69 Å². The van der Waals surface area contributed by atoms with E-state index in [2.05, 4.69) is 42.5 Å². The lowest BCUT2D eigenvalue weighted by Gasteiger charge is -2.11. The van der Waals surface area contributed by atoms with Crippen molar-refractivity contribution in [1.82, 2.24) is 9.78 Å². The highest BCUT2D eigenvalue weighted by atomic mass is 35.5. The molecule has 1 aromatic carbocycles. The average molecular weight is 292 g/mol. The number of aryl methyl sites for hydroxylation is 3. The van der Waals surface area contributed by atoms with Crippen LogP contribution in [0, 0.1) is 13.8 Å². The van der Waals surface area contributed by atoms with Gasteiger partial charge in [0.25, 0.3) is 5.56 Å². The second kappa shape index (κ2) is 6.09. The maximum Gasteiger partial charge on any atom is 0.287 e. The van der Waals surface area contributed by atoms with Crippen LogP contribution in [0.1, 0.15) is 23.6 Å². The molecule has 20 heavy (non-hydrogen) atoms. The fourth-order valence-electron chi connectivity index (χ4n) is 2.05. The van der Waals surface area contributed by atoms with Gasteiger partial charge in [0.2, 0.25) is 0 Å². The number of hydrogen-bond acceptors (Lipinski definition) is 3. The van der Waals surface area contributed by atoms with Gasteiger partial charge in [0.1, 0.15) is 5.02 Å². The van der Waals surface area contributed by atoms with E-state index >= 15 is 0 Å². The van der Waals surface area contributed by atoms with Crippen molar-refractivity contribution in [3.8, 4) is 0 Å². The van der Waals surface area contributed by atoms with Gasteiger partial charge in [-0.25, -0.2) is 4.68 Å². The number of aromatic nitrogens is 2. The van der Waals surface area contributed by atoms with Gasteiger partial charge < -0.3 is 5.32 Å². The Hall–Kier alpha value is -1.81. The molecule has 4 nitrogen and oxygen atoms in total. The van der Waals surface area contributed by atoms with Crippen LogP contribution in [0.2, 0.25) is 5.02 Å². The van der Waals surface area contributed by atoms with E-state index in [4.69, 9.17) is 11.6 Å². The summed E-state index contributed by atoms with van der Waals surface area (Å²) in [5.41, 5.74) is 3.92. The maximum atomic E-state index is 11.9. The summed E-state index contributed by atoms with van der Waals surface area (Å²) >= 11 is 6.07. The lowest BCUT2D eigenvalue weighted by Crippen LogP contribution is -2.23. The van der Waals surface area contributed by atoms with Crippen molar-refractivity contribution < 1.29 is 0 Å². The summed E-state index contributed by atoms with van der Waals surface area (Å²) in [6.45, 7) is 7.11. The maximum absolute atomic E-state index is 11.9. The molecule has 0 saturated carbocycles. The third kappa shape index (κ3) is 3.02. The third-order valence-electron chi connectivity index (χ3n) is 3.25. The fraction of sp³-hybridized carbons (Fsp3) is 0.333. The zero-order valence-electron chi connectivity index (χ0n) is 11.9. The molecular weight excluding hydrogens is 274 g/mol. The molecule has 0 spiro atoms. The lowest BCUT2D eigenvalue weighted by atomic mass is 10.1. The van der Waals surface area contributed by atoms with E-state index in [1.165, 1.54) is 21.4 Å². The standard InChI is InChI=1S/C15H18ClN3O/c1-4-19-15(20)14(16)13(9-18-19)17-8-12-6-5-10(2)7-11(12)3/h5-7,9,17H,4,8H2,1-3H3. The van der Waals surface area contributed by atoms with Crippen molar-refractivity contribution in [3.05, 3.63) is 56.5 Å². The third-order valence-corrected chi connectivity index (χ3v) is 3.62. The Bertz CT molecular complexity index is 679. The molecule has 0 saturated heterocycles. The first-order valence-corrected chi connectivity index (χ1v) is 6.96. The summed E-state index contributed by atoms with van der Waals surface area (Å²) in [5.74, 6) is 0. The largest absolute Gasteiger partial charge is 0.378 e. The average Bonchev–Trinajstić information content (AvgIpc) is 2.42. The lowest BCUT2D eigenvalue weighted by molar-refractivity contribution is 0.616. The van der Waals surface area contributed by atoms with Crippen LogP contribution in [-0.4, -0.2) is 9.78 Å². The van der Waals surface area contributed by atoms with Crippen LogP contribution < -0.4 is 10.9 Å². The van der Waals surface area contributed by atoms with Crippen molar-refractivity contribution in [2.45, 2.75) is 33.9 Å². The number of rotatable bonds is 4. The summed E-state index contributed by atoms with van der Waals surface area (Å²) in [6.07, 6.45) is 1.59. The van der Waals surface area contributed by atoms with Gasteiger partial charge in [-0.1, -0.05) is 35.4 Å². The Morgan fingerprint density at radius 2 is 2.10 bits per heavy atom. The molecule has 2 rings (SSSR count). The zero-order valence-corrected chi connectivity index (χ0v) is 12.7. The molecule has 0 aliphatic rings. The highest BCUT2D eigenvalue weighted by Crippen LogP contribution is 2.18. The molecule has 0 aliphatic carbocycles. The number of nitrogens with zero attached hydrogens (tertiary/aromatic N) is 2. The Labute approximate surface area is 123 Å². The molecule has 0 aliphatic heterocycles. The number of hydrogen-bond donors (Lipinski definition) is 1. The minimum absolute atomic E-state index is 0.187. The minimum atomic E-state index is -0.264. The van der Waals surface area contributed by atoms with Gasteiger partial charge in [-0.3, -0.25) is 4.79 Å². The van der Waals surface area contributed by atoms with Crippen LogP contribution >= 0.6 is 11.6 Å². The van der Waals surface area contributed by atoms with Crippen molar-refractivity contribution in [1.29, 1.82) is 0 Å². The highest BCUT2D eigenvalue weighted by Gasteiger charge is 2.08. The molecule has 0 unspecified atom stereocenters. The first-order valence-electron chi connectivity index (χ1n) is 6.58. The van der Waals surface area contributed by atoms with Crippen LogP contribution in [-0.2, 0) is 13.1 Å². The first kappa shape index (κ1) is 14.6. The van der Waals surface area contributed by atoms with Gasteiger partial charge in [-0.05, 0) is 31.9 Å². The van der Waals surface area contributed by atoms with E-state index in [0.29, 0.717) is 18.8 Å². The van der Waals surface area contributed by atoms with E-state index < -0.39 is 0 Å². The SMILES string of the molecule is CCn1ncc(NCc2ccc(C)cc2C)c(Cl)c1=O. The van der Waals surface area contributed by atoms with Gasteiger partial charge >= 0.3 is 0 Å². The van der Waals surface area contributed by atoms with Gasteiger partial charge in [0.05, 0.1) is 11.9 Å². The molecular formula is C15H18ClN3O. The van der Waals surface area contributed by atoms with Crippen molar-refractivity contribution in [2.75, 3.05) is 5.32 Å². The summed E-state index contributed by atoms with van der Waals surface area (Å²) in [6, 6.07) is 6.27. The Balaban J connectivity index is 2.19. The molecule has 0 amide bonds. The van der Waals surface area contributed by atoms with E-state index in [0.717, 1.165) is 0 Å². The molecule has 0 radical (unpaired) electrons. The van der Waals surface area contributed by atoms with E-state index in [1.807, 2.05) is 6.92 Å². The van der Waals surface area contributed by atoms with Crippen molar-refractivity contribution in [2.24, 2.45) is 0 Å². The monoisotopic (exact) mass is 291 g/mol. The van der Waals surface area contributed by atoms with Gasteiger partial charge in [-0.15, -0.1) is 0 Å². The second-order valence-electron chi connectivity index (χ2n) is 4.78. The van der Waals surface area contributed by atoms with Crippen LogP contribution in [0.15, 0.2) is 29.2 Å². The van der Waals surface area contributed by atoms with Gasteiger partial charge in [0.15, 0.2) is 0 Å². The summed E-state index contributed by atoms with van der Waals surface area (Å²) in [4.78, 5) is 11.9. The Kier molecular flexibility index (Phi) is 4.45. The molecule has 106 valence electrons. The normalized spacial score (nSPS) is 10.6. The number of halogens is 1. The summed E-state index contributed by atoms with van der Waals surface area (Å²) in [7, 11) is 0. The van der Waals surface area contributed by atoms with Crippen LogP contribution in [0.5, 0.6) is 0 Å². The summed E-state index contributed by atoms with van der Waals surface area (Å²) in [5, 5.41) is 7.42. The Morgan fingerprint density at radius 1 is 1.35 bits per heavy atom. The topological polar surface area (TPSA) is 46.9 Å². The quantitative estimate of drug-likeness (QED) is 0.941. The summed E-state index contributed by atoms with van der Waals surface area (Å²) < 4.78 is 1.34. The minimum Gasteiger partial charge on any atom is -0.378 e. The van der Waals surface area contributed by atoms with Crippen molar-refractivity contribution in [3.63, 3.8) is 0 Å².